The second-order valence-electron chi connectivity index (χ2n) is 6.96. The van der Waals surface area contributed by atoms with Crippen LogP contribution in [0.3, 0.4) is 0 Å². The highest BCUT2D eigenvalue weighted by molar-refractivity contribution is 6.02. The van der Waals surface area contributed by atoms with Crippen LogP contribution < -0.4 is 10.2 Å². The molecule has 4 rings (SSSR count). The topological polar surface area (TPSA) is 61.4 Å². The van der Waals surface area contributed by atoms with E-state index in [1.807, 2.05) is 60.7 Å². The van der Waals surface area contributed by atoms with Gasteiger partial charge in [-0.05, 0) is 43.4 Å². The third-order valence-electron chi connectivity index (χ3n) is 4.96. The molecule has 1 aromatic heterocycles. The van der Waals surface area contributed by atoms with Crippen molar-refractivity contribution in [3.8, 4) is 11.3 Å². The van der Waals surface area contributed by atoms with Gasteiger partial charge in [0.15, 0.2) is 5.69 Å². The largest absolute Gasteiger partial charge is 0.369 e. The first-order valence-electron chi connectivity index (χ1n) is 9.43. The number of rotatable bonds is 4. The fraction of sp³-hybridized carbons (Fsp3) is 0.227. The Morgan fingerprint density at radius 2 is 1.57 bits per heavy atom. The van der Waals surface area contributed by atoms with Gasteiger partial charge in [0.1, 0.15) is 0 Å². The van der Waals surface area contributed by atoms with Crippen molar-refractivity contribution in [1.82, 2.24) is 15.1 Å². The predicted molar refractivity (Wildman–Crippen MR) is 112 cm³/mol. The van der Waals surface area contributed by atoms with Crippen molar-refractivity contribution < 1.29 is 4.79 Å². The summed E-state index contributed by atoms with van der Waals surface area (Å²) >= 11 is 0. The summed E-state index contributed by atoms with van der Waals surface area (Å²) in [5.74, 6) is -0.264. The van der Waals surface area contributed by atoms with Crippen LogP contribution >= 0.6 is 0 Å². The second kappa shape index (κ2) is 8.19. The van der Waals surface area contributed by atoms with Crippen molar-refractivity contribution in [3.63, 3.8) is 0 Å². The number of amides is 1. The molecular weight excluding hydrogens is 350 g/mol. The van der Waals surface area contributed by atoms with Gasteiger partial charge < -0.3 is 15.1 Å². The number of hydrogen-bond acceptors (Lipinski definition) is 5. The van der Waals surface area contributed by atoms with Crippen molar-refractivity contribution >= 4 is 17.3 Å². The lowest BCUT2D eigenvalue weighted by Crippen LogP contribution is -2.44. The number of carbonyl (C=O) groups is 1. The number of piperazine rings is 1. The van der Waals surface area contributed by atoms with E-state index in [-0.39, 0.29) is 5.91 Å². The molecule has 2 heterocycles. The first-order valence-corrected chi connectivity index (χ1v) is 9.43. The number of aromatic nitrogens is 2. The summed E-state index contributed by atoms with van der Waals surface area (Å²) in [5.41, 5.74) is 3.94. The monoisotopic (exact) mass is 373 g/mol. The van der Waals surface area contributed by atoms with Gasteiger partial charge in [0.25, 0.3) is 5.91 Å². The minimum absolute atomic E-state index is 0.264. The maximum atomic E-state index is 12.5. The zero-order chi connectivity index (χ0) is 19.3. The highest BCUT2D eigenvalue weighted by Crippen LogP contribution is 2.20. The van der Waals surface area contributed by atoms with Gasteiger partial charge in [0.2, 0.25) is 0 Å². The Morgan fingerprint density at radius 3 is 2.21 bits per heavy atom. The van der Waals surface area contributed by atoms with Crippen LogP contribution in [0.15, 0.2) is 66.7 Å². The molecule has 0 unspecified atom stereocenters. The quantitative estimate of drug-likeness (QED) is 0.761. The summed E-state index contributed by atoms with van der Waals surface area (Å²) in [6.07, 6.45) is 0. The van der Waals surface area contributed by atoms with Crippen LogP contribution in [-0.4, -0.2) is 54.2 Å². The molecule has 142 valence electrons. The number of carbonyl (C=O) groups excluding carboxylic acids is 1. The molecule has 0 spiro atoms. The first-order chi connectivity index (χ1) is 13.7. The Morgan fingerprint density at radius 1 is 0.857 bits per heavy atom. The highest BCUT2D eigenvalue weighted by atomic mass is 16.1. The number of nitrogens with one attached hydrogen (secondary N) is 1. The SMILES string of the molecule is CN1CCN(c2ccc(NC(=O)c3ccc(-c4ccccc4)nn3)cc2)CC1. The van der Waals surface area contributed by atoms with E-state index >= 15 is 0 Å². The number of likely N-dealkylation sites (N-methyl/N-ethyl adjacent to an activating group) is 1. The van der Waals surface area contributed by atoms with Crippen molar-refractivity contribution in [3.05, 3.63) is 72.4 Å². The highest BCUT2D eigenvalue weighted by Gasteiger charge is 2.14. The van der Waals surface area contributed by atoms with E-state index in [9.17, 15) is 4.79 Å². The molecule has 0 bridgehead atoms. The number of benzene rings is 2. The van der Waals surface area contributed by atoms with Gasteiger partial charge >= 0.3 is 0 Å². The van der Waals surface area contributed by atoms with Crippen LogP contribution in [0.1, 0.15) is 10.5 Å². The minimum Gasteiger partial charge on any atom is -0.369 e. The van der Waals surface area contributed by atoms with Gasteiger partial charge in [0, 0.05) is 43.1 Å². The summed E-state index contributed by atoms with van der Waals surface area (Å²) in [7, 11) is 2.14. The van der Waals surface area contributed by atoms with E-state index in [0.717, 1.165) is 43.1 Å². The average Bonchev–Trinajstić information content (AvgIpc) is 2.76. The zero-order valence-corrected chi connectivity index (χ0v) is 15.9. The third-order valence-corrected chi connectivity index (χ3v) is 4.96. The first kappa shape index (κ1) is 18.1. The fourth-order valence-electron chi connectivity index (χ4n) is 3.23. The summed E-state index contributed by atoms with van der Waals surface area (Å²) in [6, 6.07) is 21.2. The molecule has 0 radical (unpaired) electrons. The van der Waals surface area contributed by atoms with E-state index in [4.69, 9.17) is 0 Å². The molecule has 1 amide bonds. The van der Waals surface area contributed by atoms with Crippen molar-refractivity contribution in [1.29, 1.82) is 0 Å². The predicted octanol–water partition coefficient (Wildman–Crippen LogP) is 3.15. The Hall–Kier alpha value is -3.25. The van der Waals surface area contributed by atoms with Crippen LogP contribution in [-0.2, 0) is 0 Å². The molecule has 1 aliphatic heterocycles. The third kappa shape index (κ3) is 4.18. The normalized spacial score (nSPS) is 14.7. The lowest BCUT2D eigenvalue weighted by Gasteiger charge is -2.34. The Balaban J connectivity index is 1.39. The van der Waals surface area contributed by atoms with Gasteiger partial charge in [-0.3, -0.25) is 4.79 Å². The van der Waals surface area contributed by atoms with Crippen molar-refractivity contribution in [2.45, 2.75) is 0 Å². The second-order valence-corrected chi connectivity index (χ2v) is 6.96. The summed E-state index contributed by atoms with van der Waals surface area (Å²) in [4.78, 5) is 17.1. The molecule has 2 aromatic carbocycles. The number of hydrogen-bond donors (Lipinski definition) is 1. The van der Waals surface area contributed by atoms with E-state index in [1.165, 1.54) is 5.69 Å². The number of nitrogens with zero attached hydrogens (tertiary/aromatic N) is 4. The minimum atomic E-state index is -0.264. The smallest absolute Gasteiger partial charge is 0.276 e. The molecule has 6 heteroatoms. The molecule has 1 N–H and O–H groups in total. The average molecular weight is 373 g/mol. The van der Waals surface area contributed by atoms with Crippen LogP contribution in [0.4, 0.5) is 11.4 Å². The van der Waals surface area contributed by atoms with Crippen LogP contribution in [0.2, 0.25) is 0 Å². The van der Waals surface area contributed by atoms with Crippen LogP contribution in [0, 0.1) is 0 Å². The van der Waals surface area contributed by atoms with E-state index < -0.39 is 0 Å². The molecule has 6 nitrogen and oxygen atoms in total. The fourth-order valence-corrected chi connectivity index (χ4v) is 3.23. The van der Waals surface area contributed by atoms with E-state index in [1.54, 1.807) is 6.07 Å². The van der Waals surface area contributed by atoms with E-state index in [0.29, 0.717) is 5.69 Å². The Bertz CT molecular complexity index is 917. The zero-order valence-electron chi connectivity index (χ0n) is 15.9. The number of anilines is 2. The summed E-state index contributed by atoms with van der Waals surface area (Å²) < 4.78 is 0. The Kier molecular flexibility index (Phi) is 5.30. The van der Waals surface area contributed by atoms with Gasteiger partial charge in [-0.2, -0.15) is 0 Å². The molecule has 0 atom stereocenters. The molecule has 0 aliphatic carbocycles. The molecule has 1 saturated heterocycles. The molecule has 1 aliphatic rings. The molecular formula is C22H23N5O. The van der Waals surface area contributed by atoms with Crippen LogP contribution in [0.5, 0.6) is 0 Å². The maximum absolute atomic E-state index is 12.5. The molecule has 3 aromatic rings. The van der Waals surface area contributed by atoms with Crippen molar-refractivity contribution in [2.24, 2.45) is 0 Å². The lowest BCUT2D eigenvalue weighted by atomic mass is 10.1. The summed E-state index contributed by atoms with van der Waals surface area (Å²) in [6.45, 7) is 4.17. The maximum Gasteiger partial charge on any atom is 0.276 e. The van der Waals surface area contributed by atoms with E-state index in [2.05, 4.69) is 32.4 Å². The van der Waals surface area contributed by atoms with Crippen molar-refractivity contribution in [2.75, 3.05) is 43.4 Å². The molecule has 1 fully saturated rings. The standard InChI is InChI=1S/C22H23N5O/c1-26-13-15-27(16-14-26)19-9-7-18(8-10-19)23-22(28)21-12-11-20(24-25-21)17-5-3-2-4-6-17/h2-12H,13-16H2,1H3,(H,23,28). The lowest BCUT2D eigenvalue weighted by molar-refractivity contribution is 0.102. The molecule has 28 heavy (non-hydrogen) atoms. The van der Waals surface area contributed by atoms with Gasteiger partial charge in [-0.15, -0.1) is 10.2 Å². The van der Waals surface area contributed by atoms with Gasteiger partial charge in [-0.25, -0.2) is 0 Å². The molecule has 0 saturated carbocycles. The van der Waals surface area contributed by atoms with Gasteiger partial charge in [0.05, 0.1) is 5.69 Å². The Labute approximate surface area is 164 Å². The summed E-state index contributed by atoms with van der Waals surface area (Å²) in [5, 5.41) is 11.1. The van der Waals surface area contributed by atoms with Gasteiger partial charge in [-0.1, -0.05) is 30.3 Å². The van der Waals surface area contributed by atoms with Crippen LogP contribution in [0.25, 0.3) is 11.3 Å².